The Bertz CT molecular complexity index is 1530. The molecule has 0 saturated carbocycles. The highest BCUT2D eigenvalue weighted by molar-refractivity contribution is 7.90. The summed E-state index contributed by atoms with van der Waals surface area (Å²) < 4.78 is 60.3. The highest BCUT2D eigenvalue weighted by Gasteiger charge is 2.29. The van der Waals surface area contributed by atoms with Crippen LogP contribution in [-0.2, 0) is 10.0 Å². The summed E-state index contributed by atoms with van der Waals surface area (Å²) in [5, 5.41) is 0.0876. The molecule has 1 saturated heterocycles. The number of para-hydroxylation sites is 1. The first kappa shape index (κ1) is 23.7. The van der Waals surface area contributed by atoms with Crippen molar-refractivity contribution in [1.82, 2.24) is 4.72 Å². The summed E-state index contributed by atoms with van der Waals surface area (Å²) in [6.07, 6.45) is 1.02. The predicted octanol–water partition coefficient (Wildman–Crippen LogP) is 5.09. The summed E-state index contributed by atoms with van der Waals surface area (Å²) in [7, 11) is -4.49. The van der Waals surface area contributed by atoms with Crippen LogP contribution in [0.25, 0.3) is 11.0 Å². The molecule has 1 aliphatic heterocycles. The van der Waals surface area contributed by atoms with Gasteiger partial charge in [-0.1, -0.05) is 24.3 Å². The van der Waals surface area contributed by atoms with Crippen LogP contribution in [0.1, 0.15) is 23.9 Å². The average Bonchev–Trinajstić information content (AvgIpc) is 3.24. The van der Waals surface area contributed by atoms with Crippen molar-refractivity contribution in [1.29, 1.82) is 0 Å². The van der Waals surface area contributed by atoms with E-state index >= 15 is 0 Å². The van der Waals surface area contributed by atoms with Crippen molar-refractivity contribution in [2.24, 2.45) is 0 Å². The number of nitrogens with zero attached hydrogens (tertiary/aromatic N) is 1. The monoisotopic (exact) mass is 510 g/mol. The standard InChI is InChI=1S/C26H23FN2O6S/c1-2-33-21-10-6-11-22(34-18-8-4-3-5-9-18)25(21)36(31,32)28-26(30)24-16-19-20(27)14-17(15-23(19)35-24)29-12-7-13-29/h3-6,8-11,14-16H,2,7,12-13H2,1H3,(H,28,30). The highest BCUT2D eigenvalue weighted by atomic mass is 32.2. The third-order valence-corrected chi connectivity index (χ3v) is 7.12. The van der Waals surface area contributed by atoms with Crippen LogP contribution in [0.3, 0.4) is 0 Å². The zero-order valence-corrected chi connectivity index (χ0v) is 20.2. The maximum atomic E-state index is 14.7. The largest absolute Gasteiger partial charge is 0.492 e. The second-order valence-electron chi connectivity index (χ2n) is 8.16. The second-order valence-corrected chi connectivity index (χ2v) is 9.78. The minimum atomic E-state index is -4.49. The first-order valence-electron chi connectivity index (χ1n) is 11.4. The van der Waals surface area contributed by atoms with Crippen molar-refractivity contribution in [3.8, 4) is 17.2 Å². The minimum Gasteiger partial charge on any atom is -0.492 e. The number of hydrogen-bond donors (Lipinski definition) is 1. The van der Waals surface area contributed by atoms with E-state index in [1.54, 1.807) is 49.4 Å². The molecular formula is C26H23FN2O6S. The maximum absolute atomic E-state index is 14.7. The number of carbonyl (C=O) groups excluding carboxylic acids is 1. The van der Waals surface area contributed by atoms with Crippen molar-refractivity contribution in [2.75, 3.05) is 24.6 Å². The maximum Gasteiger partial charge on any atom is 0.300 e. The lowest BCUT2D eigenvalue weighted by atomic mass is 10.1. The zero-order valence-electron chi connectivity index (χ0n) is 19.4. The van der Waals surface area contributed by atoms with E-state index in [9.17, 15) is 17.6 Å². The van der Waals surface area contributed by atoms with Gasteiger partial charge >= 0.3 is 5.91 Å². The fraction of sp³-hybridized carbons (Fsp3) is 0.192. The third-order valence-electron chi connectivity index (χ3n) is 5.73. The molecular weight excluding hydrogens is 487 g/mol. The smallest absolute Gasteiger partial charge is 0.300 e. The number of furan rings is 1. The Morgan fingerprint density at radius 3 is 2.50 bits per heavy atom. The van der Waals surface area contributed by atoms with Crippen LogP contribution in [0.5, 0.6) is 17.2 Å². The van der Waals surface area contributed by atoms with Crippen LogP contribution in [0.2, 0.25) is 0 Å². The summed E-state index contributed by atoms with van der Waals surface area (Å²) in [6.45, 7) is 3.51. The molecule has 0 atom stereocenters. The zero-order chi connectivity index (χ0) is 25.3. The molecule has 36 heavy (non-hydrogen) atoms. The average molecular weight is 511 g/mol. The van der Waals surface area contributed by atoms with E-state index in [1.165, 1.54) is 24.3 Å². The van der Waals surface area contributed by atoms with E-state index < -0.39 is 21.7 Å². The van der Waals surface area contributed by atoms with Crippen LogP contribution in [0, 0.1) is 5.82 Å². The number of halogens is 1. The van der Waals surface area contributed by atoms with Crippen LogP contribution in [0.4, 0.5) is 10.1 Å². The van der Waals surface area contributed by atoms with Crippen LogP contribution in [-0.4, -0.2) is 34.0 Å². The molecule has 5 rings (SSSR count). The number of amides is 1. The van der Waals surface area contributed by atoms with Crippen molar-refractivity contribution in [2.45, 2.75) is 18.2 Å². The molecule has 0 spiro atoms. The van der Waals surface area contributed by atoms with Gasteiger partial charge in [-0.2, -0.15) is 0 Å². The summed E-state index contributed by atoms with van der Waals surface area (Å²) in [5.41, 5.74) is 0.802. The summed E-state index contributed by atoms with van der Waals surface area (Å²) in [4.78, 5) is 14.6. The molecule has 4 aromatic rings. The van der Waals surface area contributed by atoms with Crippen LogP contribution < -0.4 is 19.1 Å². The van der Waals surface area contributed by atoms with E-state index in [0.717, 1.165) is 19.5 Å². The van der Waals surface area contributed by atoms with Crippen molar-refractivity contribution < 1.29 is 31.5 Å². The van der Waals surface area contributed by atoms with Gasteiger partial charge in [-0.05, 0) is 43.7 Å². The molecule has 1 N–H and O–H groups in total. The lowest BCUT2D eigenvalue weighted by Gasteiger charge is -2.33. The topological polar surface area (TPSA) is 98.1 Å². The number of sulfonamides is 1. The van der Waals surface area contributed by atoms with E-state index in [0.29, 0.717) is 11.4 Å². The number of carbonyl (C=O) groups is 1. The second kappa shape index (κ2) is 9.54. The third kappa shape index (κ3) is 4.59. The molecule has 0 radical (unpaired) electrons. The quantitative estimate of drug-likeness (QED) is 0.353. The van der Waals surface area contributed by atoms with E-state index in [-0.39, 0.29) is 39.7 Å². The number of fused-ring (bicyclic) bond motifs is 1. The Balaban J connectivity index is 1.47. The molecule has 1 amide bonds. The first-order valence-corrected chi connectivity index (χ1v) is 12.9. The Hall–Kier alpha value is -4.05. The fourth-order valence-corrected chi connectivity index (χ4v) is 5.11. The number of hydrogen-bond acceptors (Lipinski definition) is 7. The number of ether oxygens (including phenoxy) is 2. The Kier molecular flexibility index (Phi) is 6.27. The van der Waals surface area contributed by atoms with E-state index in [1.807, 2.05) is 9.62 Å². The Morgan fingerprint density at radius 1 is 1.06 bits per heavy atom. The molecule has 1 fully saturated rings. The molecule has 1 aromatic heterocycles. The van der Waals surface area contributed by atoms with Gasteiger partial charge in [0.15, 0.2) is 16.4 Å². The van der Waals surface area contributed by atoms with Gasteiger partial charge in [-0.3, -0.25) is 4.79 Å². The van der Waals surface area contributed by atoms with Crippen molar-refractivity contribution >= 4 is 32.6 Å². The van der Waals surface area contributed by atoms with Crippen LogP contribution in [0.15, 0.2) is 76.0 Å². The first-order chi connectivity index (χ1) is 17.4. The molecule has 2 heterocycles. The molecule has 0 unspecified atom stereocenters. The summed E-state index contributed by atoms with van der Waals surface area (Å²) in [5.74, 6) is -1.55. The Labute approximate surface area is 207 Å². The molecule has 1 aliphatic rings. The Morgan fingerprint density at radius 2 is 1.81 bits per heavy atom. The number of rotatable bonds is 8. The summed E-state index contributed by atoms with van der Waals surface area (Å²) in [6, 6.07) is 17.3. The van der Waals surface area contributed by atoms with Gasteiger partial charge in [0.2, 0.25) is 0 Å². The van der Waals surface area contributed by atoms with Gasteiger partial charge in [-0.25, -0.2) is 17.5 Å². The van der Waals surface area contributed by atoms with Crippen molar-refractivity contribution in [3.05, 3.63) is 78.3 Å². The highest BCUT2D eigenvalue weighted by Crippen LogP contribution is 2.36. The molecule has 8 nitrogen and oxygen atoms in total. The minimum absolute atomic E-state index is 0.0149. The van der Waals surface area contributed by atoms with Gasteiger partial charge in [0.1, 0.15) is 22.9 Å². The van der Waals surface area contributed by atoms with Gasteiger partial charge in [0.25, 0.3) is 10.0 Å². The number of nitrogens with one attached hydrogen (secondary N) is 1. The molecule has 0 aliphatic carbocycles. The number of benzene rings is 3. The predicted molar refractivity (Wildman–Crippen MR) is 132 cm³/mol. The fourth-order valence-electron chi connectivity index (χ4n) is 3.90. The normalized spacial score (nSPS) is 13.3. The lowest BCUT2D eigenvalue weighted by molar-refractivity contribution is 0.0956. The SMILES string of the molecule is CCOc1cccc(Oc2ccccc2)c1S(=O)(=O)NC(=O)c1cc2c(F)cc(N3CCC3)cc2o1. The number of anilines is 1. The van der Waals surface area contributed by atoms with Gasteiger partial charge in [-0.15, -0.1) is 0 Å². The molecule has 3 aromatic carbocycles. The van der Waals surface area contributed by atoms with Gasteiger partial charge in [0.05, 0.1) is 12.0 Å². The van der Waals surface area contributed by atoms with Gasteiger partial charge in [0, 0.05) is 30.9 Å². The molecule has 10 heteroatoms. The van der Waals surface area contributed by atoms with Crippen LogP contribution >= 0.6 is 0 Å². The van der Waals surface area contributed by atoms with Gasteiger partial charge < -0.3 is 18.8 Å². The van der Waals surface area contributed by atoms with E-state index in [4.69, 9.17) is 13.9 Å². The lowest BCUT2D eigenvalue weighted by Crippen LogP contribution is -2.36. The molecule has 0 bridgehead atoms. The molecule has 186 valence electrons. The summed E-state index contributed by atoms with van der Waals surface area (Å²) >= 11 is 0. The van der Waals surface area contributed by atoms with Crippen molar-refractivity contribution in [3.63, 3.8) is 0 Å². The van der Waals surface area contributed by atoms with E-state index in [2.05, 4.69) is 0 Å².